The first-order valence-electron chi connectivity index (χ1n) is 6.60. The van der Waals surface area contributed by atoms with Crippen molar-refractivity contribution in [1.29, 1.82) is 0 Å². The Morgan fingerprint density at radius 1 is 1.00 bits per heavy atom. The molecule has 2 heterocycles. The molecule has 0 aliphatic carbocycles. The third-order valence-electron chi connectivity index (χ3n) is 3.49. The van der Waals surface area contributed by atoms with Crippen LogP contribution in [0.4, 0.5) is 15.9 Å². The summed E-state index contributed by atoms with van der Waals surface area (Å²) in [5, 5.41) is 0.328. The lowest BCUT2D eigenvalue weighted by Crippen LogP contribution is -2.47. The Hall–Kier alpha value is -1.81. The fraction of sp³-hybridized carbons (Fsp3) is 0.267. The lowest BCUT2D eigenvalue weighted by Gasteiger charge is -2.36. The molecule has 3 rings (SSSR count). The Morgan fingerprint density at radius 3 is 2.30 bits per heavy atom. The second kappa shape index (κ2) is 5.67. The van der Waals surface area contributed by atoms with Gasteiger partial charge in [-0.25, -0.2) is 9.37 Å². The van der Waals surface area contributed by atoms with Crippen LogP contribution < -0.4 is 9.80 Å². The topological polar surface area (TPSA) is 19.4 Å². The average Bonchev–Trinajstić information content (AvgIpc) is 2.48. The van der Waals surface area contributed by atoms with Gasteiger partial charge in [-0.05, 0) is 18.2 Å². The van der Waals surface area contributed by atoms with E-state index < -0.39 is 0 Å². The summed E-state index contributed by atoms with van der Waals surface area (Å²) in [7, 11) is 0. The number of halogens is 2. The van der Waals surface area contributed by atoms with Crippen molar-refractivity contribution in [3.8, 4) is 0 Å². The second-order valence-corrected chi connectivity index (χ2v) is 5.21. The van der Waals surface area contributed by atoms with Gasteiger partial charge in [-0.1, -0.05) is 29.8 Å². The van der Waals surface area contributed by atoms with E-state index in [2.05, 4.69) is 22.0 Å². The third-order valence-corrected chi connectivity index (χ3v) is 3.70. The summed E-state index contributed by atoms with van der Waals surface area (Å²) in [5.74, 6) is 0.0350. The molecule has 1 aromatic carbocycles. The van der Waals surface area contributed by atoms with Gasteiger partial charge in [-0.2, -0.15) is 0 Å². The van der Waals surface area contributed by atoms with Crippen LogP contribution in [-0.2, 0) is 0 Å². The number of hydrogen-bond donors (Lipinski definition) is 0. The quantitative estimate of drug-likeness (QED) is 0.847. The van der Waals surface area contributed by atoms with Crippen LogP contribution >= 0.6 is 11.6 Å². The van der Waals surface area contributed by atoms with Crippen molar-refractivity contribution < 1.29 is 4.39 Å². The Bertz CT molecular complexity index is 583. The molecule has 2 aromatic rings. The highest BCUT2D eigenvalue weighted by atomic mass is 35.5. The first-order valence-corrected chi connectivity index (χ1v) is 6.98. The zero-order chi connectivity index (χ0) is 13.9. The fourth-order valence-corrected chi connectivity index (χ4v) is 2.60. The lowest BCUT2D eigenvalue weighted by molar-refractivity contribution is 0.588. The van der Waals surface area contributed by atoms with E-state index >= 15 is 0 Å². The van der Waals surface area contributed by atoms with Gasteiger partial charge in [0.25, 0.3) is 0 Å². The molecule has 0 amide bonds. The van der Waals surface area contributed by atoms with Gasteiger partial charge in [0, 0.05) is 38.1 Å². The van der Waals surface area contributed by atoms with Crippen molar-refractivity contribution >= 4 is 23.1 Å². The molecule has 1 saturated heterocycles. The molecule has 1 aliphatic heterocycles. The predicted octanol–water partition coefficient (Wildman–Crippen LogP) is 3.20. The van der Waals surface area contributed by atoms with E-state index in [1.807, 2.05) is 23.1 Å². The van der Waals surface area contributed by atoms with Crippen LogP contribution in [0.25, 0.3) is 0 Å². The average molecular weight is 292 g/mol. The molecule has 0 unspecified atom stereocenters. The van der Waals surface area contributed by atoms with Crippen molar-refractivity contribution in [2.24, 2.45) is 0 Å². The van der Waals surface area contributed by atoms with Crippen LogP contribution in [0.2, 0.25) is 5.02 Å². The number of piperazine rings is 1. The minimum Gasteiger partial charge on any atom is -0.368 e. The number of benzene rings is 1. The predicted molar refractivity (Wildman–Crippen MR) is 80.1 cm³/mol. The Morgan fingerprint density at radius 2 is 1.65 bits per heavy atom. The van der Waals surface area contributed by atoms with Crippen LogP contribution in [0, 0.1) is 5.82 Å². The molecule has 1 fully saturated rings. The normalized spacial score (nSPS) is 15.5. The number of aromatic nitrogens is 1. The van der Waals surface area contributed by atoms with Gasteiger partial charge in [-0.15, -0.1) is 0 Å². The summed E-state index contributed by atoms with van der Waals surface area (Å²) in [5.41, 5.74) is 1.21. The molecule has 0 spiro atoms. The number of nitrogens with zero attached hydrogens (tertiary/aromatic N) is 3. The number of hydrogen-bond acceptors (Lipinski definition) is 3. The molecule has 104 valence electrons. The molecule has 5 heteroatoms. The molecule has 0 bridgehead atoms. The maximum absolute atomic E-state index is 13.9. The monoisotopic (exact) mass is 291 g/mol. The fourth-order valence-electron chi connectivity index (χ4n) is 2.46. The first kappa shape index (κ1) is 13.2. The third kappa shape index (κ3) is 2.70. The molecule has 3 nitrogen and oxygen atoms in total. The minimum atomic E-state index is -0.356. The van der Waals surface area contributed by atoms with E-state index in [1.165, 1.54) is 18.0 Å². The van der Waals surface area contributed by atoms with E-state index in [9.17, 15) is 4.39 Å². The molecule has 0 N–H and O–H groups in total. The van der Waals surface area contributed by atoms with Crippen molar-refractivity contribution in [3.63, 3.8) is 0 Å². The summed E-state index contributed by atoms with van der Waals surface area (Å²) in [6.07, 6.45) is 1.49. The number of anilines is 2. The van der Waals surface area contributed by atoms with Crippen LogP contribution in [-0.4, -0.2) is 31.2 Å². The zero-order valence-corrected chi connectivity index (χ0v) is 11.7. The molecule has 20 heavy (non-hydrogen) atoms. The van der Waals surface area contributed by atoms with Crippen LogP contribution in [0.1, 0.15) is 0 Å². The second-order valence-electron chi connectivity index (χ2n) is 4.77. The van der Waals surface area contributed by atoms with Gasteiger partial charge in [0.05, 0.1) is 5.02 Å². The summed E-state index contributed by atoms with van der Waals surface area (Å²) in [4.78, 5) is 8.36. The van der Waals surface area contributed by atoms with Gasteiger partial charge >= 0.3 is 0 Å². The van der Waals surface area contributed by atoms with Crippen molar-refractivity contribution in [2.75, 3.05) is 36.0 Å². The molecule has 0 saturated carbocycles. The van der Waals surface area contributed by atoms with Crippen LogP contribution in [0.3, 0.4) is 0 Å². The van der Waals surface area contributed by atoms with E-state index in [-0.39, 0.29) is 5.82 Å². The van der Waals surface area contributed by atoms with E-state index in [4.69, 9.17) is 11.6 Å². The maximum atomic E-state index is 13.9. The summed E-state index contributed by atoms with van der Waals surface area (Å²) in [6.45, 7) is 3.21. The Labute approximate surface area is 122 Å². The highest BCUT2D eigenvalue weighted by Gasteiger charge is 2.20. The highest BCUT2D eigenvalue weighted by Crippen LogP contribution is 2.22. The van der Waals surface area contributed by atoms with Crippen molar-refractivity contribution in [1.82, 2.24) is 4.98 Å². The number of para-hydroxylation sites is 1. The smallest absolute Gasteiger partial charge is 0.167 e. The number of rotatable bonds is 2. The van der Waals surface area contributed by atoms with Gasteiger partial charge in [0.1, 0.15) is 0 Å². The largest absolute Gasteiger partial charge is 0.368 e. The van der Waals surface area contributed by atoms with Gasteiger partial charge in [0.15, 0.2) is 11.6 Å². The summed E-state index contributed by atoms with van der Waals surface area (Å²) in [6, 6.07) is 11.6. The Kier molecular flexibility index (Phi) is 3.74. The molecule has 1 aliphatic rings. The van der Waals surface area contributed by atoms with E-state index in [0.29, 0.717) is 10.8 Å². The summed E-state index contributed by atoms with van der Waals surface area (Å²) < 4.78 is 13.9. The standard InChI is InChI=1S/C15H15ClFN3/c16-12-10-14(17)15(18-11-12)20-8-6-19(7-9-20)13-4-2-1-3-5-13/h1-5,10-11H,6-9H2. The zero-order valence-electron chi connectivity index (χ0n) is 11.0. The van der Waals surface area contributed by atoms with Gasteiger partial charge in [-0.3, -0.25) is 0 Å². The van der Waals surface area contributed by atoms with E-state index in [1.54, 1.807) is 0 Å². The first-order chi connectivity index (χ1) is 9.74. The highest BCUT2D eigenvalue weighted by molar-refractivity contribution is 6.30. The van der Waals surface area contributed by atoms with Crippen LogP contribution in [0.15, 0.2) is 42.6 Å². The van der Waals surface area contributed by atoms with Crippen molar-refractivity contribution in [3.05, 3.63) is 53.4 Å². The Balaban J connectivity index is 1.69. The van der Waals surface area contributed by atoms with Gasteiger partial charge < -0.3 is 9.80 Å². The van der Waals surface area contributed by atoms with Gasteiger partial charge in [0.2, 0.25) is 0 Å². The SMILES string of the molecule is Fc1cc(Cl)cnc1N1CCN(c2ccccc2)CC1. The van der Waals surface area contributed by atoms with Crippen LogP contribution in [0.5, 0.6) is 0 Å². The molecule has 0 atom stereocenters. The molecular formula is C15H15ClFN3. The summed E-state index contributed by atoms with van der Waals surface area (Å²) >= 11 is 5.73. The van der Waals surface area contributed by atoms with Crippen molar-refractivity contribution in [2.45, 2.75) is 0 Å². The minimum absolute atomic E-state index is 0.328. The van der Waals surface area contributed by atoms with E-state index in [0.717, 1.165) is 26.2 Å². The molecular weight excluding hydrogens is 277 g/mol. The lowest BCUT2D eigenvalue weighted by atomic mass is 10.2. The maximum Gasteiger partial charge on any atom is 0.167 e. The molecule has 1 aromatic heterocycles. The number of pyridine rings is 1. The molecule has 0 radical (unpaired) electrons.